The number of carbonyl (C=O) groups is 1. The molecule has 0 aliphatic carbocycles. The van der Waals surface area contributed by atoms with Gasteiger partial charge < -0.3 is 14.2 Å². The summed E-state index contributed by atoms with van der Waals surface area (Å²) in [4.78, 5) is 12.9. The largest absolute Gasteiger partial charge is 0.497 e. The number of hydrogen-bond donors (Lipinski definition) is 1. The Hall–Kier alpha value is -3.70. The van der Waals surface area contributed by atoms with Gasteiger partial charge in [-0.25, -0.2) is 13.8 Å². The van der Waals surface area contributed by atoms with Gasteiger partial charge >= 0.3 is 0 Å². The van der Waals surface area contributed by atoms with Gasteiger partial charge in [-0.2, -0.15) is 16.9 Å². The molecule has 9 nitrogen and oxygen atoms in total. The number of amides is 1. The van der Waals surface area contributed by atoms with Crippen LogP contribution >= 0.6 is 11.8 Å². The number of sulfonamides is 1. The van der Waals surface area contributed by atoms with E-state index in [4.69, 9.17) is 14.2 Å². The summed E-state index contributed by atoms with van der Waals surface area (Å²) in [6.07, 6.45) is 1.73. The Morgan fingerprint density at radius 3 is 2.35 bits per heavy atom. The molecule has 1 aliphatic rings. The first-order chi connectivity index (χ1) is 17.9. The van der Waals surface area contributed by atoms with Gasteiger partial charge in [0.2, 0.25) is 0 Å². The molecule has 1 amide bonds. The third-order valence-corrected chi connectivity index (χ3v) is 8.46. The quantitative estimate of drug-likeness (QED) is 0.292. The molecule has 0 spiro atoms. The zero-order valence-electron chi connectivity index (χ0n) is 20.4. The van der Waals surface area contributed by atoms with E-state index in [0.717, 1.165) is 27.1 Å². The van der Waals surface area contributed by atoms with Crippen molar-refractivity contribution in [1.82, 2.24) is 5.43 Å². The van der Waals surface area contributed by atoms with E-state index in [0.29, 0.717) is 5.75 Å². The molecule has 1 aliphatic heterocycles. The molecule has 0 saturated carbocycles. The van der Waals surface area contributed by atoms with Crippen LogP contribution in [0, 0.1) is 0 Å². The molecule has 0 radical (unpaired) electrons. The number of nitrogens with one attached hydrogen (secondary N) is 1. The molecule has 0 aromatic heterocycles. The zero-order chi connectivity index (χ0) is 26.3. The van der Waals surface area contributed by atoms with Crippen molar-refractivity contribution in [2.45, 2.75) is 11.0 Å². The smallest absolute Gasteiger partial charge is 0.264 e. The minimum atomic E-state index is -4.13. The van der Waals surface area contributed by atoms with E-state index < -0.39 is 22.5 Å². The maximum atomic E-state index is 13.6. The normalized spacial score (nSPS) is 13.6. The lowest BCUT2D eigenvalue weighted by Crippen LogP contribution is -2.39. The number of nitrogens with zero attached hydrogens (tertiary/aromatic N) is 2. The third kappa shape index (κ3) is 6.55. The highest BCUT2D eigenvalue weighted by molar-refractivity contribution is 8.00. The predicted octanol–water partition coefficient (Wildman–Crippen LogP) is 3.54. The van der Waals surface area contributed by atoms with Gasteiger partial charge in [0.25, 0.3) is 15.9 Å². The fraction of sp³-hybridized carbons (Fsp3) is 0.231. The standard InChI is InChI=1S/C26H27N3O6S2/c1-33-21-12-13-25(34-2)24(14-21)29(37(31,32)23-6-4-3-5-7-23)16-26(30)28-27-15-19-8-10-20(11-9-19)35-22-17-36-18-22/h3-15,22H,16-18H2,1-2H3,(H,28,30). The average Bonchev–Trinajstić information content (AvgIpc) is 2.90. The number of methoxy groups -OCH3 is 2. The zero-order valence-corrected chi connectivity index (χ0v) is 22.0. The molecule has 11 heteroatoms. The Balaban J connectivity index is 1.52. The second-order valence-electron chi connectivity index (χ2n) is 8.00. The predicted molar refractivity (Wildman–Crippen MR) is 144 cm³/mol. The Bertz CT molecular complexity index is 1340. The first-order valence-corrected chi connectivity index (χ1v) is 14.0. The van der Waals surface area contributed by atoms with E-state index in [9.17, 15) is 13.2 Å². The third-order valence-electron chi connectivity index (χ3n) is 5.47. The summed E-state index contributed by atoms with van der Waals surface area (Å²) in [6, 6.07) is 19.9. The van der Waals surface area contributed by atoms with Crippen LogP contribution in [0.3, 0.4) is 0 Å². The molecule has 4 rings (SSSR count). The molecule has 3 aromatic carbocycles. The Morgan fingerprint density at radius 1 is 1.03 bits per heavy atom. The Morgan fingerprint density at radius 2 is 1.73 bits per heavy atom. The molecule has 1 fully saturated rings. The summed E-state index contributed by atoms with van der Waals surface area (Å²) in [6.45, 7) is -0.537. The van der Waals surface area contributed by atoms with Crippen molar-refractivity contribution in [2.75, 3.05) is 36.6 Å². The highest BCUT2D eigenvalue weighted by Gasteiger charge is 2.30. The van der Waals surface area contributed by atoms with Gasteiger partial charge in [-0.05, 0) is 54.1 Å². The van der Waals surface area contributed by atoms with Crippen molar-refractivity contribution in [2.24, 2.45) is 5.10 Å². The molecule has 37 heavy (non-hydrogen) atoms. The van der Waals surface area contributed by atoms with E-state index in [1.807, 2.05) is 36.0 Å². The molecule has 1 N–H and O–H groups in total. The summed E-state index contributed by atoms with van der Waals surface area (Å²) in [7, 11) is -1.24. The molecule has 0 unspecified atom stereocenters. The van der Waals surface area contributed by atoms with Crippen LogP contribution in [0.2, 0.25) is 0 Å². The lowest BCUT2D eigenvalue weighted by atomic mass is 10.2. The van der Waals surface area contributed by atoms with Crippen LogP contribution in [0.15, 0.2) is 82.8 Å². The number of hydrazone groups is 1. The van der Waals surface area contributed by atoms with Crippen LogP contribution < -0.4 is 23.9 Å². The van der Waals surface area contributed by atoms with Gasteiger partial charge in [0.05, 0.1) is 31.0 Å². The minimum Gasteiger partial charge on any atom is -0.497 e. The topological polar surface area (TPSA) is 107 Å². The molecular weight excluding hydrogens is 514 g/mol. The molecule has 0 bridgehead atoms. The van der Waals surface area contributed by atoms with Crippen molar-refractivity contribution >= 4 is 39.6 Å². The van der Waals surface area contributed by atoms with Crippen LogP contribution in [0.4, 0.5) is 5.69 Å². The highest BCUT2D eigenvalue weighted by Crippen LogP contribution is 2.35. The number of benzene rings is 3. The molecular formula is C26H27N3O6S2. The first-order valence-electron chi connectivity index (χ1n) is 11.4. The summed E-state index contributed by atoms with van der Waals surface area (Å²) >= 11 is 1.85. The number of carbonyl (C=O) groups excluding carboxylic acids is 1. The van der Waals surface area contributed by atoms with Gasteiger partial charge in [-0.3, -0.25) is 9.10 Å². The van der Waals surface area contributed by atoms with Crippen LogP contribution in [-0.4, -0.2) is 58.9 Å². The van der Waals surface area contributed by atoms with Gasteiger partial charge in [0, 0.05) is 17.6 Å². The minimum absolute atomic E-state index is 0.0268. The van der Waals surface area contributed by atoms with E-state index in [1.54, 1.807) is 30.3 Å². The van der Waals surface area contributed by atoms with Crippen molar-refractivity contribution < 1.29 is 27.4 Å². The van der Waals surface area contributed by atoms with Crippen molar-refractivity contribution in [3.63, 3.8) is 0 Å². The summed E-state index contributed by atoms with van der Waals surface area (Å²) in [5, 5.41) is 3.99. The number of thioether (sulfide) groups is 1. The van der Waals surface area contributed by atoms with Crippen LogP contribution in [0.5, 0.6) is 17.2 Å². The molecule has 1 heterocycles. The van der Waals surface area contributed by atoms with Crippen LogP contribution in [-0.2, 0) is 14.8 Å². The van der Waals surface area contributed by atoms with Gasteiger partial charge in [-0.15, -0.1) is 0 Å². The van der Waals surface area contributed by atoms with Gasteiger partial charge in [0.15, 0.2) is 0 Å². The fourth-order valence-corrected chi connectivity index (χ4v) is 5.47. The first kappa shape index (κ1) is 26.4. The summed E-state index contributed by atoms with van der Waals surface area (Å²) < 4.78 is 44.6. The van der Waals surface area contributed by atoms with E-state index in [2.05, 4.69) is 10.5 Å². The molecule has 1 saturated heterocycles. The molecule has 0 atom stereocenters. The lowest BCUT2D eigenvalue weighted by molar-refractivity contribution is -0.119. The Labute approximate surface area is 220 Å². The van der Waals surface area contributed by atoms with Crippen molar-refractivity contribution in [3.8, 4) is 17.2 Å². The van der Waals surface area contributed by atoms with E-state index in [-0.39, 0.29) is 22.4 Å². The number of hydrogen-bond acceptors (Lipinski definition) is 8. The van der Waals surface area contributed by atoms with Crippen LogP contribution in [0.1, 0.15) is 5.56 Å². The average molecular weight is 542 g/mol. The van der Waals surface area contributed by atoms with Gasteiger partial charge in [-0.1, -0.05) is 18.2 Å². The van der Waals surface area contributed by atoms with E-state index in [1.165, 1.54) is 38.6 Å². The monoisotopic (exact) mass is 541 g/mol. The number of anilines is 1. The number of rotatable bonds is 11. The van der Waals surface area contributed by atoms with Crippen LogP contribution in [0.25, 0.3) is 0 Å². The van der Waals surface area contributed by atoms with Crippen molar-refractivity contribution in [3.05, 3.63) is 78.4 Å². The van der Waals surface area contributed by atoms with Gasteiger partial charge in [0.1, 0.15) is 29.9 Å². The fourth-order valence-electron chi connectivity index (χ4n) is 3.46. The Kier molecular flexibility index (Phi) is 8.57. The summed E-state index contributed by atoms with van der Waals surface area (Å²) in [5.74, 6) is 2.80. The maximum Gasteiger partial charge on any atom is 0.264 e. The molecule has 3 aromatic rings. The molecule has 194 valence electrons. The summed E-state index contributed by atoms with van der Waals surface area (Å²) in [5.41, 5.74) is 3.31. The SMILES string of the molecule is COc1ccc(OC)c(N(CC(=O)NN=Cc2ccc(OC3CSC3)cc2)S(=O)(=O)c2ccccc2)c1. The van der Waals surface area contributed by atoms with E-state index >= 15 is 0 Å². The second-order valence-corrected chi connectivity index (χ2v) is 10.9. The number of ether oxygens (including phenoxy) is 3. The second kappa shape index (κ2) is 12.0. The highest BCUT2D eigenvalue weighted by atomic mass is 32.2. The maximum absolute atomic E-state index is 13.6. The van der Waals surface area contributed by atoms with Crippen molar-refractivity contribution in [1.29, 1.82) is 0 Å². The lowest BCUT2D eigenvalue weighted by Gasteiger charge is -2.25.